The zero-order valence-electron chi connectivity index (χ0n) is 11.0. The molecule has 0 amide bonds. The van der Waals surface area contributed by atoms with Crippen molar-refractivity contribution in [2.24, 2.45) is 0 Å². The molecular weight excluding hydrogens is 228 g/mol. The van der Waals surface area contributed by atoms with E-state index in [4.69, 9.17) is 4.74 Å². The Morgan fingerprint density at radius 3 is 2.78 bits per heavy atom. The van der Waals surface area contributed by atoms with Gasteiger partial charge in [0.15, 0.2) is 0 Å². The van der Waals surface area contributed by atoms with E-state index in [0.717, 1.165) is 23.4 Å². The quantitative estimate of drug-likeness (QED) is 0.779. The van der Waals surface area contributed by atoms with E-state index in [9.17, 15) is 4.79 Å². The second-order valence-electron chi connectivity index (χ2n) is 4.18. The van der Waals surface area contributed by atoms with Crippen LogP contribution in [0.3, 0.4) is 0 Å². The maximum atomic E-state index is 11.8. The van der Waals surface area contributed by atoms with Gasteiger partial charge in [-0.15, -0.1) is 0 Å². The van der Waals surface area contributed by atoms with Crippen LogP contribution in [-0.4, -0.2) is 22.1 Å². The lowest BCUT2D eigenvalue weighted by Crippen LogP contribution is -2.17. The van der Waals surface area contributed by atoms with Crippen LogP contribution in [-0.2, 0) is 16.1 Å². The van der Waals surface area contributed by atoms with Crippen molar-refractivity contribution in [1.29, 1.82) is 0 Å². The average molecular weight is 246 g/mol. The predicted molar refractivity (Wildman–Crippen MR) is 70.5 cm³/mol. The number of ether oxygens (including phenoxy) is 1. The van der Waals surface area contributed by atoms with Crippen LogP contribution < -0.4 is 0 Å². The van der Waals surface area contributed by atoms with Crippen LogP contribution in [0.15, 0.2) is 24.3 Å². The van der Waals surface area contributed by atoms with Crippen LogP contribution in [0.1, 0.15) is 32.5 Å². The normalized spacial score (nSPS) is 12.6. The molecule has 1 aromatic carbocycles. The van der Waals surface area contributed by atoms with Crippen molar-refractivity contribution in [3.63, 3.8) is 0 Å². The summed E-state index contributed by atoms with van der Waals surface area (Å²) >= 11 is 0. The molecular formula is C14H18N2O2. The number of hydrogen-bond acceptors (Lipinski definition) is 3. The first kappa shape index (κ1) is 12.6. The summed E-state index contributed by atoms with van der Waals surface area (Å²) in [7, 11) is 0. The van der Waals surface area contributed by atoms with Gasteiger partial charge < -0.3 is 9.30 Å². The summed E-state index contributed by atoms with van der Waals surface area (Å²) in [5, 5.41) is 0. The molecule has 96 valence electrons. The average Bonchev–Trinajstić information content (AvgIpc) is 2.76. The fourth-order valence-electron chi connectivity index (χ4n) is 2.13. The van der Waals surface area contributed by atoms with E-state index in [1.165, 1.54) is 0 Å². The fourth-order valence-corrected chi connectivity index (χ4v) is 2.13. The van der Waals surface area contributed by atoms with E-state index in [-0.39, 0.29) is 11.9 Å². The summed E-state index contributed by atoms with van der Waals surface area (Å²) < 4.78 is 7.13. The Kier molecular flexibility index (Phi) is 3.65. The maximum Gasteiger partial charge on any atom is 0.316 e. The second-order valence-corrected chi connectivity index (χ2v) is 4.18. The van der Waals surface area contributed by atoms with E-state index in [1.54, 1.807) is 0 Å². The number of carbonyl (C=O) groups is 1. The molecule has 4 heteroatoms. The first-order chi connectivity index (χ1) is 8.69. The molecule has 1 heterocycles. The van der Waals surface area contributed by atoms with Crippen molar-refractivity contribution in [3.05, 3.63) is 30.1 Å². The standard InChI is InChI=1S/C14H18N2O2/c1-4-16-12-9-7-6-8-11(12)15-13(16)10(3)14(17)18-5-2/h6-10H,4-5H2,1-3H3. The third-order valence-corrected chi connectivity index (χ3v) is 3.03. The van der Waals surface area contributed by atoms with Crippen molar-refractivity contribution in [2.75, 3.05) is 6.61 Å². The number of imidazole rings is 1. The van der Waals surface area contributed by atoms with Gasteiger partial charge in [-0.1, -0.05) is 12.1 Å². The molecule has 0 aliphatic carbocycles. The molecule has 0 saturated heterocycles. The van der Waals surface area contributed by atoms with E-state index < -0.39 is 0 Å². The Morgan fingerprint density at radius 2 is 2.11 bits per heavy atom. The number of benzene rings is 1. The number of hydrogen-bond donors (Lipinski definition) is 0. The summed E-state index contributed by atoms with van der Waals surface area (Å²) in [6.07, 6.45) is 0. The van der Waals surface area contributed by atoms with Gasteiger partial charge in [0.05, 0.1) is 17.6 Å². The lowest BCUT2D eigenvalue weighted by Gasteiger charge is -2.12. The third-order valence-electron chi connectivity index (χ3n) is 3.03. The number of aromatic nitrogens is 2. The molecule has 0 bridgehead atoms. The first-order valence-corrected chi connectivity index (χ1v) is 6.30. The molecule has 1 aromatic heterocycles. The van der Waals surface area contributed by atoms with Crippen LogP contribution in [0.4, 0.5) is 0 Å². The monoisotopic (exact) mass is 246 g/mol. The Morgan fingerprint density at radius 1 is 1.39 bits per heavy atom. The van der Waals surface area contributed by atoms with E-state index in [0.29, 0.717) is 6.61 Å². The molecule has 2 aromatic rings. The van der Waals surface area contributed by atoms with Crippen LogP contribution in [0, 0.1) is 0 Å². The molecule has 1 atom stereocenters. The molecule has 2 rings (SSSR count). The summed E-state index contributed by atoms with van der Waals surface area (Å²) in [6, 6.07) is 7.92. The number of aryl methyl sites for hydroxylation is 1. The van der Waals surface area contributed by atoms with Gasteiger partial charge in [0.2, 0.25) is 0 Å². The fraction of sp³-hybridized carbons (Fsp3) is 0.429. The molecule has 0 aliphatic heterocycles. The highest BCUT2D eigenvalue weighted by Crippen LogP contribution is 2.22. The van der Waals surface area contributed by atoms with E-state index in [2.05, 4.69) is 16.5 Å². The molecule has 0 N–H and O–H groups in total. The van der Waals surface area contributed by atoms with Crippen LogP contribution in [0.5, 0.6) is 0 Å². The number of esters is 1. The van der Waals surface area contributed by atoms with E-state index >= 15 is 0 Å². The third kappa shape index (κ3) is 2.10. The number of nitrogens with zero attached hydrogens (tertiary/aromatic N) is 2. The van der Waals surface area contributed by atoms with Gasteiger partial charge in [-0.25, -0.2) is 4.98 Å². The van der Waals surface area contributed by atoms with Gasteiger partial charge in [0.25, 0.3) is 0 Å². The van der Waals surface area contributed by atoms with Gasteiger partial charge in [0.1, 0.15) is 11.7 Å². The molecule has 0 aliphatic rings. The SMILES string of the molecule is CCOC(=O)C(C)c1nc2ccccc2n1CC. The first-order valence-electron chi connectivity index (χ1n) is 6.30. The van der Waals surface area contributed by atoms with Crippen molar-refractivity contribution in [2.45, 2.75) is 33.2 Å². The topological polar surface area (TPSA) is 44.1 Å². The minimum Gasteiger partial charge on any atom is -0.465 e. The van der Waals surface area contributed by atoms with Gasteiger partial charge in [-0.05, 0) is 32.9 Å². The summed E-state index contributed by atoms with van der Waals surface area (Å²) in [6.45, 7) is 6.89. The van der Waals surface area contributed by atoms with Gasteiger partial charge >= 0.3 is 5.97 Å². The highest BCUT2D eigenvalue weighted by atomic mass is 16.5. The molecule has 18 heavy (non-hydrogen) atoms. The predicted octanol–water partition coefficient (Wildman–Crippen LogP) is 2.72. The van der Waals surface area contributed by atoms with Gasteiger partial charge in [-0.2, -0.15) is 0 Å². The van der Waals surface area contributed by atoms with E-state index in [1.807, 2.05) is 38.1 Å². The summed E-state index contributed by atoms with van der Waals surface area (Å²) in [4.78, 5) is 16.4. The Labute approximate surface area is 107 Å². The highest BCUT2D eigenvalue weighted by molar-refractivity contribution is 5.81. The minimum atomic E-state index is -0.336. The van der Waals surface area contributed by atoms with Crippen LogP contribution in [0.25, 0.3) is 11.0 Å². The second kappa shape index (κ2) is 5.21. The largest absolute Gasteiger partial charge is 0.465 e. The number of fused-ring (bicyclic) bond motifs is 1. The summed E-state index contributed by atoms with van der Waals surface area (Å²) in [5.41, 5.74) is 1.98. The lowest BCUT2D eigenvalue weighted by atomic mass is 10.1. The molecule has 0 spiro atoms. The Bertz CT molecular complexity index is 560. The molecule has 4 nitrogen and oxygen atoms in total. The smallest absolute Gasteiger partial charge is 0.316 e. The number of para-hydroxylation sites is 2. The van der Waals surface area contributed by atoms with Crippen molar-refractivity contribution >= 4 is 17.0 Å². The Hall–Kier alpha value is -1.84. The van der Waals surface area contributed by atoms with Crippen LogP contribution >= 0.6 is 0 Å². The molecule has 0 saturated carbocycles. The van der Waals surface area contributed by atoms with Crippen molar-refractivity contribution < 1.29 is 9.53 Å². The zero-order chi connectivity index (χ0) is 13.1. The molecule has 0 radical (unpaired) electrons. The van der Waals surface area contributed by atoms with Crippen LogP contribution in [0.2, 0.25) is 0 Å². The maximum absolute atomic E-state index is 11.8. The number of carbonyl (C=O) groups excluding carboxylic acids is 1. The summed E-state index contributed by atoms with van der Waals surface area (Å²) in [5.74, 6) is 0.219. The molecule has 1 unspecified atom stereocenters. The minimum absolute atomic E-state index is 0.220. The highest BCUT2D eigenvalue weighted by Gasteiger charge is 2.22. The zero-order valence-corrected chi connectivity index (χ0v) is 11.0. The van der Waals surface area contributed by atoms with Gasteiger partial charge in [-0.3, -0.25) is 4.79 Å². The van der Waals surface area contributed by atoms with Crippen molar-refractivity contribution in [1.82, 2.24) is 9.55 Å². The number of rotatable bonds is 4. The molecule has 0 fully saturated rings. The Balaban J connectivity index is 2.46. The van der Waals surface area contributed by atoms with Gasteiger partial charge in [0, 0.05) is 6.54 Å². The van der Waals surface area contributed by atoms with Crippen molar-refractivity contribution in [3.8, 4) is 0 Å². The lowest BCUT2D eigenvalue weighted by molar-refractivity contribution is -0.144.